The first-order chi connectivity index (χ1) is 12.1. The van der Waals surface area contributed by atoms with Crippen LogP contribution in [0.1, 0.15) is 17.2 Å². The predicted molar refractivity (Wildman–Crippen MR) is 94.3 cm³/mol. The van der Waals surface area contributed by atoms with E-state index in [1.165, 1.54) is 6.07 Å². The lowest BCUT2D eigenvalue weighted by molar-refractivity contribution is -0.132. The molecule has 0 spiro atoms. The van der Waals surface area contributed by atoms with Crippen LogP contribution in [0, 0.1) is 5.82 Å². The Bertz CT molecular complexity index is 710. The molecule has 132 valence electrons. The van der Waals surface area contributed by atoms with Crippen LogP contribution in [0.5, 0.6) is 0 Å². The summed E-state index contributed by atoms with van der Waals surface area (Å²) >= 11 is 0. The molecule has 1 unspecified atom stereocenters. The van der Waals surface area contributed by atoms with Gasteiger partial charge in [-0.05, 0) is 17.7 Å². The van der Waals surface area contributed by atoms with Gasteiger partial charge in [0.1, 0.15) is 5.82 Å². The van der Waals surface area contributed by atoms with E-state index in [9.17, 15) is 9.18 Å². The van der Waals surface area contributed by atoms with Gasteiger partial charge in [0.15, 0.2) is 0 Å². The van der Waals surface area contributed by atoms with Crippen molar-refractivity contribution in [2.24, 2.45) is 0 Å². The Balaban J connectivity index is 1.65. The molecule has 1 atom stereocenters. The number of benzene rings is 1. The number of halogens is 1. The Kier molecular flexibility index (Phi) is 5.73. The van der Waals surface area contributed by atoms with Crippen LogP contribution in [0.4, 0.5) is 4.39 Å². The van der Waals surface area contributed by atoms with Crippen LogP contribution in [0.25, 0.3) is 0 Å². The summed E-state index contributed by atoms with van der Waals surface area (Å²) in [5.41, 5.74) is 1.63. The van der Waals surface area contributed by atoms with Gasteiger partial charge >= 0.3 is 0 Å². The van der Waals surface area contributed by atoms with Crippen LogP contribution >= 0.6 is 0 Å². The monoisotopic (exact) mass is 342 g/mol. The third-order valence-electron chi connectivity index (χ3n) is 4.55. The van der Waals surface area contributed by atoms with Gasteiger partial charge in [-0.25, -0.2) is 4.39 Å². The second kappa shape index (κ2) is 8.18. The maximum absolute atomic E-state index is 13.8. The molecule has 1 fully saturated rings. The zero-order valence-electron chi connectivity index (χ0n) is 14.4. The lowest BCUT2D eigenvalue weighted by atomic mass is 10.1. The molecule has 3 rings (SSSR count). The van der Waals surface area contributed by atoms with E-state index in [1.54, 1.807) is 36.3 Å². The lowest BCUT2D eigenvalue weighted by Gasteiger charge is -2.36. The Morgan fingerprint density at radius 1 is 1.36 bits per heavy atom. The van der Waals surface area contributed by atoms with Gasteiger partial charge in [-0.2, -0.15) is 0 Å². The summed E-state index contributed by atoms with van der Waals surface area (Å²) in [5.74, 6) is -0.295. The molecule has 1 aromatic heterocycles. The minimum atomic E-state index is -0.280. The summed E-state index contributed by atoms with van der Waals surface area (Å²) in [6, 6.07) is 10.6. The van der Waals surface area contributed by atoms with Gasteiger partial charge in [-0.15, -0.1) is 0 Å². The molecule has 1 aliphatic rings. The normalized spacial score (nSPS) is 18.1. The highest BCUT2D eigenvalue weighted by atomic mass is 19.1. The number of amides is 1. The van der Waals surface area contributed by atoms with Crippen molar-refractivity contribution in [1.29, 1.82) is 0 Å². The van der Waals surface area contributed by atoms with E-state index in [2.05, 4.69) is 15.2 Å². The van der Waals surface area contributed by atoms with Crippen molar-refractivity contribution in [2.75, 3.05) is 33.2 Å². The SMILES string of the molecule is CN(Cc1ccccc1F)C(=O)CN1CCNCC1c1cccnc1. The zero-order valence-corrected chi connectivity index (χ0v) is 14.4. The molecule has 0 aliphatic carbocycles. The van der Waals surface area contributed by atoms with Crippen molar-refractivity contribution in [3.63, 3.8) is 0 Å². The van der Waals surface area contributed by atoms with Crippen LogP contribution in [0.2, 0.25) is 0 Å². The van der Waals surface area contributed by atoms with Gasteiger partial charge in [-0.3, -0.25) is 14.7 Å². The van der Waals surface area contributed by atoms with Crippen molar-refractivity contribution < 1.29 is 9.18 Å². The maximum Gasteiger partial charge on any atom is 0.236 e. The van der Waals surface area contributed by atoms with Crippen LogP contribution in [0.15, 0.2) is 48.8 Å². The van der Waals surface area contributed by atoms with Crippen molar-refractivity contribution in [3.05, 3.63) is 65.7 Å². The van der Waals surface area contributed by atoms with Gasteiger partial charge in [-0.1, -0.05) is 24.3 Å². The molecule has 25 heavy (non-hydrogen) atoms. The smallest absolute Gasteiger partial charge is 0.236 e. The lowest BCUT2D eigenvalue weighted by Crippen LogP contribution is -2.49. The average molecular weight is 342 g/mol. The first kappa shape index (κ1) is 17.5. The molecule has 1 amide bonds. The highest BCUT2D eigenvalue weighted by Gasteiger charge is 2.26. The molecule has 5 nitrogen and oxygen atoms in total. The van der Waals surface area contributed by atoms with E-state index < -0.39 is 0 Å². The van der Waals surface area contributed by atoms with Crippen LogP contribution < -0.4 is 5.32 Å². The molecule has 0 bridgehead atoms. The number of piperazine rings is 1. The number of carbonyl (C=O) groups is 1. The minimum Gasteiger partial charge on any atom is -0.340 e. The van der Waals surface area contributed by atoms with Gasteiger partial charge in [0.25, 0.3) is 0 Å². The van der Waals surface area contributed by atoms with E-state index in [0.29, 0.717) is 12.1 Å². The van der Waals surface area contributed by atoms with Gasteiger partial charge < -0.3 is 10.2 Å². The van der Waals surface area contributed by atoms with Gasteiger partial charge in [0.05, 0.1) is 6.54 Å². The van der Waals surface area contributed by atoms with Crippen LogP contribution in [-0.2, 0) is 11.3 Å². The molecule has 1 aromatic carbocycles. The van der Waals surface area contributed by atoms with E-state index in [-0.39, 0.29) is 24.3 Å². The molecule has 2 aromatic rings. The molecule has 1 N–H and O–H groups in total. The molecule has 0 saturated carbocycles. The summed E-state index contributed by atoms with van der Waals surface area (Å²) in [6.07, 6.45) is 3.59. The van der Waals surface area contributed by atoms with Crippen molar-refractivity contribution >= 4 is 5.91 Å². The molecule has 1 aliphatic heterocycles. The predicted octanol–water partition coefficient (Wildman–Crippen LogP) is 1.83. The van der Waals surface area contributed by atoms with Gasteiger partial charge in [0.2, 0.25) is 5.91 Å². The van der Waals surface area contributed by atoms with Crippen LogP contribution in [-0.4, -0.2) is 53.9 Å². The second-order valence-electron chi connectivity index (χ2n) is 6.32. The number of hydrogen-bond acceptors (Lipinski definition) is 4. The zero-order chi connectivity index (χ0) is 17.6. The van der Waals surface area contributed by atoms with Crippen molar-refractivity contribution in [1.82, 2.24) is 20.1 Å². The summed E-state index contributed by atoms with van der Waals surface area (Å²) in [7, 11) is 1.72. The molecule has 2 heterocycles. The van der Waals surface area contributed by atoms with Crippen molar-refractivity contribution in [2.45, 2.75) is 12.6 Å². The first-order valence-electron chi connectivity index (χ1n) is 8.47. The number of pyridine rings is 1. The molecular weight excluding hydrogens is 319 g/mol. The van der Waals surface area contributed by atoms with Gasteiger partial charge in [0, 0.05) is 57.2 Å². The molecule has 0 radical (unpaired) electrons. The number of nitrogens with zero attached hydrogens (tertiary/aromatic N) is 3. The Labute approximate surface area is 147 Å². The third kappa shape index (κ3) is 4.41. The number of nitrogens with one attached hydrogen (secondary N) is 1. The van der Waals surface area contributed by atoms with E-state index >= 15 is 0 Å². The van der Waals surface area contributed by atoms with Crippen molar-refractivity contribution in [3.8, 4) is 0 Å². The number of likely N-dealkylation sites (N-methyl/N-ethyl adjacent to an activating group) is 1. The molecule has 6 heteroatoms. The van der Waals surface area contributed by atoms with Crippen LogP contribution in [0.3, 0.4) is 0 Å². The summed E-state index contributed by atoms with van der Waals surface area (Å²) in [6.45, 7) is 3.01. The third-order valence-corrected chi connectivity index (χ3v) is 4.55. The summed E-state index contributed by atoms with van der Waals surface area (Å²) in [5, 5.41) is 3.37. The quantitative estimate of drug-likeness (QED) is 0.901. The Hall–Kier alpha value is -2.31. The fourth-order valence-electron chi connectivity index (χ4n) is 3.10. The highest BCUT2D eigenvalue weighted by molar-refractivity contribution is 5.78. The largest absolute Gasteiger partial charge is 0.340 e. The second-order valence-corrected chi connectivity index (χ2v) is 6.32. The minimum absolute atomic E-state index is 0.0148. The topological polar surface area (TPSA) is 48.5 Å². The molecule has 1 saturated heterocycles. The summed E-state index contributed by atoms with van der Waals surface area (Å²) in [4.78, 5) is 20.6. The highest BCUT2D eigenvalue weighted by Crippen LogP contribution is 2.21. The number of hydrogen-bond donors (Lipinski definition) is 1. The fourth-order valence-corrected chi connectivity index (χ4v) is 3.10. The van der Waals surface area contributed by atoms with E-state index in [4.69, 9.17) is 0 Å². The number of aromatic nitrogens is 1. The van der Waals surface area contributed by atoms with E-state index in [0.717, 1.165) is 25.2 Å². The number of rotatable bonds is 5. The van der Waals surface area contributed by atoms with E-state index in [1.807, 2.05) is 18.3 Å². The Morgan fingerprint density at radius 2 is 2.20 bits per heavy atom. The fraction of sp³-hybridized carbons (Fsp3) is 0.368. The average Bonchev–Trinajstić information content (AvgIpc) is 2.64. The summed E-state index contributed by atoms with van der Waals surface area (Å²) < 4.78 is 13.8. The Morgan fingerprint density at radius 3 is 2.96 bits per heavy atom. The first-order valence-corrected chi connectivity index (χ1v) is 8.47. The molecular formula is C19H23FN4O. The number of carbonyl (C=O) groups excluding carboxylic acids is 1. The standard InChI is InChI=1S/C19H23FN4O/c1-23(13-16-5-2-3-7-17(16)20)19(25)14-24-10-9-22-12-18(24)15-6-4-8-21-11-15/h2-8,11,18,22H,9-10,12-14H2,1H3. The maximum atomic E-state index is 13.8.